The van der Waals surface area contributed by atoms with Crippen LogP contribution in [0.1, 0.15) is 29.6 Å². The molecule has 1 aliphatic heterocycles. The molecule has 3 nitrogen and oxygen atoms in total. The van der Waals surface area contributed by atoms with Crippen molar-refractivity contribution in [2.75, 3.05) is 13.1 Å². The van der Waals surface area contributed by atoms with Crippen LogP contribution in [0.15, 0.2) is 13.6 Å². The minimum atomic E-state index is -0.00294. The highest BCUT2D eigenvalue weighted by Crippen LogP contribution is 2.31. The Hall–Kier alpha value is 0.380. The van der Waals surface area contributed by atoms with Gasteiger partial charge in [0, 0.05) is 12.6 Å². The number of carbonyl (C=O) groups is 1. The molecule has 18 heavy (non-hydrogen) atoms. The van der Waals surface area contributed by atoms with E-state index in [-0.39, 0.29) is 18.3 Å². The monoisotopic (exact) mass is 416 g/mol. The first-order chi connectivity index (χ1) is 8.16. The van der Waals surface area contributed by atoms with Gasteiger partial charge in [0.05, 0.1) is 13.1 Å². The van der Waals surface area contributed by atoms with Crippen LogP contribution in [-0.2, 0) is 0 Å². The predicted octanol–water partition coefficient (Wildman–Crippen LogP) is 3.57. The fraction of sp³-hybridized carbons (Fsp3) is 0.545. The van der Waals surface area contributed by atoms with Crippen molar-refractivity contribution in [2.45, 2.75) is 25.3 Å². The zero-order chi connectivity index (χ0) is 12.3. The van der Waals surface area contributed by atoms with E-state index in [1.165, 1.54) is 24.2 Å². The van der Waals surface area contributed by atoms with Crippen molar-refractivity contribution in [1.82, 2.24) is 10.6 Å². The van der Waals surface area contributed by atoms with Crippen molar-refractivity contribution in [2.24, 2.45) is 0 Å². The Kier molecular flexibility index (Phi) is 7.16. The summed E-state index contributed by atoms with van der Waals surface area (Å²) in [4.78, 5) is 11.9. The zero-order valence-electron chi connectivity index (χ0n) is 9.67. The largest absolute Gasteiger partial charge is 0.352 e. The molecule has 1 amide bonds. The van der Waals surface area contributed by atoms with Gasteiger partial charge in [0.1, 0.15) is 0 Å². The van der Waals surface area contributed by atoms with Gasteiger partial charge in [0.2, 0.25) is 0 Å². The Labute approximate surface area is 134 Å². The van der Waals surface area contributed by atoms with E-state index in [4.69, 9.17) is 0 Å². The zero-order valence-corrected chi connectivity index (χ0v) is 14.5. The molecular weight excluding hydrogens is 403 g/mol. The SMILES string of the molecule is Cl.O=C(NCC[C@H]1CCCN1)c1cc(Br)sc1Br. The number of amides is 1. The van der Waals surface area contributed by atoms with Crippen molar-refractivity contribution in [3.8, 4) is 0 Å². The number of halogens is 3. The van der Waals surface area contributed by atoms with Gasteiger partial charge in [0.25, 0.3) is 5.91 Å². The summed E-state index contributed by atoms with van der Waals surface area (Å²) in [7, 11) is 0. The lowest BCUT2D eigenvalue weighted by molar-refractivity contribution is 0.0952. The Morgan fingerprint density at radius 2 is 2.33 bits per heavy atom. The van der Waals surface area contributed by atoms with Crippen LogP contribution >= 0.6 is 55.6 Å². The van der Waals surface area contributed by atoms with E-state index in [1.54, 1.807) is 0 Å². The van der Waals surface area contributed by atoms with E-state index in [0.717, 1.165) is 27.1 Å². The van der Waals surface area contributed by atoms with E-state index in [2.05, 4.69) is 42.5 Å². The van der Waals surface area contributed by atoms with Crippen LogP contribution in [0, 0.1) is 0 Å². The molecule has 0 bridgehead atoms. The highest BCUT2D eigenvalue weighted by molar-refractivity contribution is 9.12. The molecule has 2 heterocycles. The Morgan fingerprint density at radius 3 is 2.89 bits per heavy atom. The maximum absolute atomic E-state index is 11.9. The number of hydrogen-bond donors (Lipinski definition) is 2. The van der Waals surface area contributed by atoms with Gasteiger partial charge in [-0.25, -0.2) is 0 Å². The molecule has 2 N–H and O–H groups in total. The molecule has 1 aliphatic rings. The van der Waals surface area contributed by atoms with Crippen molar-refractivity contribution < 1.29 is 4.79 Å². The fourth-order valence-electron chi connectivity index (χ4n) is 1.95. The van der Waals surface area contributed by atoms with E-state index in [1.807, 2.05) is 6.07 Å². The molecule has 0 saturated carbocycles. The lowest BCUT2D eigenvalue weighted by Crippen LogP contribution is -2.30. The molecule has 1 atom stereocenters. The normalized spacial score (nSPS) is 18.4. The average Bonchev–Trinajstić information content (AvgIpc) is 2.88. The number of carbonyl (C=O) groups excluding carboxylic acids is 1. The highest BCUT2D eigenvalue weighted by atomic mass is 79.9. The molecular formula is C11H15Br2ClN2OS. The summed E-state index contributed by atoms with van der Waals surface area (Å²) in [5.41, 5.74) is 0.709. The van der Waals surface area contributed by atoms with Crippen LogP contribution in [0.5, 0.6) is 0 Å². The molecule has 0 aliphatic carbocycles. The third kappa shape index (κ3) is 4.49. The second-order valence-electron chi connectivity index (χ2n) is 4.08. The molecule has 0 spiro atoms. The van der Waals surface area contributed by atoms with Gasteiger partial charge in [0.15, 0.2) is 0 Å². The van der Waals surface area contributed by atoms with Crippen molar-refractivity contribution in [3.05, 3.63) is 19.2 Å². The molecule has 0 aromatic carbocycles. The van der Waals surface area contributed by atoms with Gasteiger partial charge in [-0.2, -0.15) is 0 Å². The third-order valence-electron chi connectivity index (χ3n) is 2.84. The Morgan fingerprint density at radius 1 is 1.56 bits per heavy atom. The second kappa shape index (κ2) is 7.85. The molecule has 1 fully saturated rings. The van der Waals surface area contributed by atoms with Crippen molar-refractivity contribution in [1.29, 1.82) is 0 Å². The van der Waals surface area contributed by atoms with Crippen LogP contribution in [-0.4, -0.2) is 25.0 Å². The summed E-state index contributed by atoms with van der Waals surface area (Å²) in [6, 6.07) is 2.42. The lowest BCUT2D eigenvalue weighted by Gasteiger charge is -2.10. The van der Waals surface area contributed by atoms with Crippen LogP contribution in [0.2, 0.25) is 0 Å². The van der Waals surface area contributed by atoms with Crippen LogP contribution in [0.3, 0.4) is 0 Å². The minimum Gasteiger partial charge on any atom is -0.352 e. The first-order valence-corrected chi connectivity index (χ1v) is 8.03. The topological polar surface area (TPSA) is 41.1 Å². The van der Waals surface area contributed by atoms with Crippen LogP contribution < -0.4 is 10.6 Å². The summed E-state index contributed by atoms with van der Waals surface area (Å²) in [6.45, 7) is 1.85. The number of thiophene rings is 1. The summed E-state index contributed by atoms with van der Waals surface area (Å²) < 4.78 is 1.84. The lowest BCUT2D eigenvalue weighted by atomic mass is 10.1. The molecule has 102 valence electrons. The first kappa shape index (κ1) is 16.4. The van der Waals surface area contributed by atoms with Gasteiger partial charge in [-0.1, -0.05) is 0 Å². The number of hydrogen-bond acceptors (Lipinski definition) is 3. The molecule has 1 aromatic rings. The molecule has 1 saturated heterocycles. The van der Waals surface area contributed by atoms with Gasteiger partial charge in [-0.15, -0.1) is 23.7 Å². The summed E-state index contributed by atoms with van der Waals surface area (Å²) in [5.74, 6) is -0.00294. The Balaban J connectivity index is 0.00000162. The standard InChI is InChI=1S/C11H14Br2N2OS.ClH/c12-9-6-8(10(13)17-9)11(16)15-5-3-7-2-1-4-14-7;/h6-7,14H,1-5H2,(H,15,16);1H/t7-;/m1./s1. The number of nitrogens with one attached hydrogen (secondary N) is 2. The average molecular weight is 419 g/mol. The summed E-state index contributed by atoms with van der Waals surface area (Å²) in [6.07, 6.45) is 3.49. The van der Waals surface area contributed by atoms with Crippen molar-refractivity contribution in [3.63, 3.8) is 0 Å². The molecule has 0 radical (unpaired) electrons. The van der Waals surface area contributed by atoms with Crippen LogP contribution in [0.25, 0.3) is 0 Å². The van der Waals surface area contributed by atoms with Gasteiger partial charge in [-0.05, 0) is 63.7 Å². The van der Waals surface area contributed by atoms with Crippen LogP contribution in [0.4, 0.5) is 0 Å². The Bertz CT molecular complexity index is 408. The first-order valence-electron chi connectivity index (χ1n) is 5.63. The quantitative estimate of drug-likeness (QED) is 0.785. The van der Waals surface area contributed by atoms with Gasteiger partial charge < -0.3 is 10.6 Å². The molecule has 2 rings (SSSR count). The van der Waals surface area contributed by atoms with Gasteiger partial charge in [-0.3, -0.25) is 4.79 Å². The van der Waals surface area contributed by atoms with E-state index >= 15 is 0 Å². The maximum Gasteiger partial charge on any atom is 0.253 e. The van der Waals surface area contributed by atoms with E-state index < -0.39 is 0 Å². The maximum atomic E-state index is 11.9. The fourth-order valence-corrected chi connectivity index (χ4v) is 4.75. The van der Waals surface area contributed by atoms with Gasteiger partial charge >= 0.3 is 0 Å². The molecule has 1 aromatic heterocycles. The predicted molar refractivity (Wildman–Crippen MR) is 84.9 cm³/mol. The second-order valence-corrected chi connectivity index (χ2v) is 7.83. The smallest absolute Gasteiger partial charge is 0.253 e. The number of rotatable bonds is 4. The highest BCUT2D eigenvalue weighted by Gasteiger charge is 2.16. The minimum absolute atomic E-state index is 0. The summed E-state index contributed by atoms with van der Waals surface area (Å²) >= 11 is 8.28. The summed E-state index contributed by atoms with van der Waals surface area (Å²) in [5, 5.41) is 6.38. The van der Waals surface area contributed by atoms with Crippen molar-refractivity contribution >= 4 is 61.5 Å². The molecule has 7 heteroatoms. The molecule has 0 unspecified atom stereocenters. The van der Waals surface area contributed by atoms with E-state index in [9.17, 15) is 4.79 Å². The third-order valence-corrected chi connectivity index (χ3v) is 5.18. The van der Waals surface area contributed by atoms with E-state index in [0.29, 0.717) is 11.6 Å².